The Balaban J connectivity index is 1.22. The Bertz CT molecular complexity index is 2040. The summed E-state index contributed by atoms with van der Waals surface area (Å²) >= 11 is 0. The normalized spacial score (nSPS) is 24.1. The van der Waals surface area contributed by atoms with Gasteiger partial charge in [-0.25, -0.2) is 9.18 Å². The van der Waals surface area contributed by atoms with E-state index in [4.69, 9.17) is 33.9 Å². The number of fused-ring (bicyclic) bond motifs is 5. The molecule has 4 saturated heterocycles. The summed E-state index contributed by atoms with van der Waals surface area (Å²) in [7, 11) is 1.56. The van der Waals surface area contributed by atoms with Crippen LogP contribution in [0.2, 0.25) is 0 Å². The monoisotopic (exact) mass is 742 g/mol. The largest absolute Gasteiger partial charge is 0.468 e. The summed E-state index contributed by atoms with van der Waals surface area (Å²) in [6.07, 6.45) is 7.57. The number of aromatic nitrogens is 3. The average Bonchev–Trinajstić information content (AvgIpc) is 3.81. The number of aliphatic hydroxyl groups is 1. The molecule has 2 unspecified atom stereocenters. The van der Waals surface area contributed by atoms with Gasteiger partial charge in [0, 0.05) is 38.0 Å². The number of carbonyl (C=O) groups excluding carboxylic acids is 1. The number of ether oxygens (including phenoxy) is 4. The molecule has 1 N–H and O–H groups in total. The van der Waals surface area contributed by atoms with Crippen molar-refractivity contribution in [2.45, 2.75) is 102 Å². The van der Waals surface area contributed by atoms with E-state index >= 15 is 4.39 Å². The van der Waals surface area contributed by atoms with E-state index in [1.54, 1.807) is 13.3 Å². The Kier molecular flexibility index (Phi) is 9.76. The zero-order chi connectivity index (χ0) is 37.8. The number of carbonyl (C=O) groups is 1. The summed E-state index contributed by atoms with van der Waals surface area (Å²) in [5.41, 5.74) is 1.11. The molecule has 4 atom stereocenters. The predicted molar refractivity (Wildman–Crippen MR) is 203 cm³/mol. The van der Waals surface area contributed by atoms with Crippen LogP contribution < -0.4 is 14.4 Å². The van der Waals surface area contributed by atoms with Gasteiger partial charge in [0.1, 0.15) is 35.0 Å². The summed E-state index contributed by atoms with van der Waals surface area (Å²) in [6.45, 7) is 10.1. The van der Waals surface area contributed by atoms with Crippen LogP contribution in [0.15, 0.2) is 36.5 Å². The van der Waals surface area contributed by atoms with Crippen LogP contribution in [0.4, 0.5) is 15.0 Å². The van der Waals surface area contributed by atoms with Crippen LogP contribution in [-0.2, 0) is 15.9 Å². The van der Waals surface area contributed by atoms with Gasteiger partial charge in [0.25, 0.3) is 0 Å². The number of rotatable bonds is 10. The SMILES string of the molecule is CCc1cccc2cc(OCOC)cc(-c3ncc4c(N5CC6CCC(C5)N6C(=O)OC(C)(C)C)nc(OC[C@]56CCCN5[C@@H](CO)CC6)nc4c3F)c12. The first-order valence-corrected chi connectivity index (χ1v) is 19.3. The molecule has 12 nitrogen and oxygen atoms in total. The van der Waals surface area contributed by atoms with Gasteiger partial charge in [0.2, 0.25) is 0 Å². The second-order valence-corrected chi connectivity index (χ2v) is 16.3. The van der Waals surface area contributed by atoms with Crippen LogP contribution in [0.25, 0.3) is 32.9 Å². The van der Waals surface area contributed by atoms with E-state index < -0.39 is 11.4 Å². The number of anilines is 1. The number of aliphatic hydroxyl groups excluding tert-OH is 1. The number of piperazine rings is 1. The number of pyridine rings is 1. The third kappa shape index (κ3) is 6.57. The Morgan fingerprint density at radius 2 is 1.87 bits per heavy atom. The Morgan fingerprint density at radius 3 is 2.59 bits per heavy atom. The van der Waals surface area contributed by atoms with Crippen molar-refractivity contribution in [3.05, 3.63) is 47.9 Å². The lowest BCUT2D eigenvalue weighted by Gasteiger charge is -2.42. The van der Waals surface area contributed by atoms with Crippen molar-refractivity contribution in [3.8, 4) is 23.0 Å². The molecule has 13 heteroatoms. The van der Waals surface area contributed by atoms with Gasteiger partial charge in [-0.1, -0.05) is 25.1 Å². The number of aryl methyl sites for hydroxylation is 1. The molecular weight excluding hydrogens is 691 g/mol. The minimum absolute atomic E-state index is 0.0461. The lowest BCUT2D eigenvalue weighted by molar-refractivity contribution is 0.0122. The topological polar surface area (TPSA) is 123 Å². The van der Waals surface area contributed by atoms with Crippen LogP contribution >= 0.6 is 0 Å². The number of hydrogen-bond donors (Lipinski definition) is 1. The third-order valence-electron chi connectivity index (χ3n) is 11.8. The van der Waals surface area contributed by atoms with Gasteiger partial charge in [0.15, 0.2) is 12.6 Å². The molecule has 0 saturated carbocycles. The van der Waals surface area contributed by atoms with Gasteiger partial charge >= 0.3 is 12.1 Å². The maximum Gasteiger partial charge on any atom is 0.410 e. The smallest absolute Gasteiger partial charge is 0.410 e. The van der Waals surface area contributed by atoms with E-state index in [2.05, 4.69) is 16.7 Å². The van der Waals surface area contributed by atoms with E-state index in [1.165, 1.54) is 0 Å². The highest BCUT2D eigenvalue weighted by molar-refractivity contribution is 6.01. The fourth-order valence-corrected chi connectivity index (χ4v) is 9.38. The van der Waals surface area contributed by atoms with Crippen LogP contribution in [0.3, 0.4) is 0 Å². The number of amides is 1. The predicted octanol–water partition coefficient (Wildman–Crippen LogP) is 6.49. The first kappa shape index (κ1) is 36.6. The van der Waals surface area contributed by atoms with Crippen molar-refractivity contribution in [3.63, 3.8) is 0 Å². The van der Waals surface area contributed by atoms with Crippen molar-refractivity contribution in [1.29, 1.82) is 0 Å². The van der Waals surface area contributed by atoms with Gasteiger partial charge in [-0.15, -0.1) is 0 Å². The summed E-state index contributed by atoms with van der Waals surface area (Å²) in [6, 6.07) is 9.82. The number of methoxy groups -OCH3 is 1. The molecule has 4 fully saturated rings. The molecular formula is C41H51FN6O6. The summed E-state index contributed by atoms with van der Waals surface area (Å²) in [4.78, 5) is 34.2. The first-order chi connectivity index (χ1) is 26.0. The summed E-state index contributed by atoms with van der Waals surface area (Å²) in [5, 5.41) is 12.3. The molecule has 2 aromatic heterocycles. The highest BCUT2D eigenvalue weighted by Gasteiger charge is 2.50. The van der Waals surface area contributed by atoms with Gasteiger partial charge < -0.3 is 29.0 Å². The zero-order valence-electron chi connectivity index (χ0n) is 31.9. The Morgan fingerprint density at radius 1 is 1.07 bits per heavy atom. The fourth-order valence-electron chi connectivity index (χ4n) is 9.38. The Hall–Kier alpha value is -4.33. The highest BCUT2D eigenvalue weighted by atomic mass is 19.1. The average molecular weight is 743 g/mol. The molecule has 1 amide bonds. The lowest BCUT2D eigenvalue weighted by Crippen LogP contribution is -2.57. The fraction of sp³-hybridized carbons (Fsp3) is 0.561. The molecule has 2 aromatic carbocycles. The first-order valence-electron chi connectivity index (χ1n) is 19.3. The van der Waals surface area contributed by atoms with E-state index in [0.717, 1.165) is 67.8 Å². The van der Waals surface area contributed by atoms with Gasteiger partial charge in [-0.3, -0.25) is 14.8 Å². The lowest BCUT2D eigenvalue weighted by atomic mass is 9.95. The van der Waals surface area contributed by atoms with Crippen LogP contribution in [0.1, 0.15) is 71.8 Å². The molecule has 0 aliphatic carbocycles. The minimum atomic E-state index is -0.604. The van der Waals surface area contributed by atoms with Gasteiger partial charge in [0.05, 0.1) is 29.6 Å². The van der Waals surface area contributed by atoms with Crippen molar-refractivity contribution in [2.75, 3.05) is 51.7 Å². The highest BCUT2D eigenvalue weighted by Crippen LogP contribution is 2.44. The minimum Gasteiger partial charge on any atom is -0.468 e. The van der Waals surface area contributed by atoms with Crippen LogP contribution in [-0.4, -0.2) is 112 Å². The quantitative estimate of drug-likeness (QED) is 0.180. The molecule has 4 aliphatic heterocycles. The standard InChI is InChI=1S/C41H51FN6O6/c1-6-25-9-7-10-26-17-30(53-24-51-5)18-31(33(25)26)35-34(42)36-32(19-43-35)37(46-20-27-11-12-28(21-46)48(27)39(50)54-40(2,3)4)45-38(44-36)52-23-41-14-8-16-47(41)29(22-49)13-15-41/h7,9-10,17-19,27-29,49H,6,8,11-16,20-24H2,1-5H3/t27?,28?,29-,41-/m1/s1. The maximum absolute atomic E-state index is 17.4. The third-order valence-corrected chi connectivity index (χ3v) is 11.8. The number of hydrogen-bond acceptors (Lipinski definition) is 11. The molecule has 0 radical (unpaired) electrons. The number of benzene rings is 2. The number of halogens is 1. The zero-order valence-corrected chi connectivity index (χ0v) is 31.9. The van der Waals surface area contributed by atoms with E-state index in [9.17, 15) is 9.90 Å². The second kappa shape index (κ2) is 14.4. The molecule has 4 aromatic rings. The van der Waals surface area contributed by atoms with Crippen molar-refractivity contribution in [1.82, 2.24) is 24.8 Å². The van der Waals surface area contributed by atoms with Gasteiger partial charge in [-0.05, 0) is 101 Å². The maximum atomic E-state index is 17.4. The van der Waals surface area contributed by atoms with Gasteiger partial charge in [-0.2, -0.15) is 9.97 Å². The molecule has 54 heavy (non-hydrogen) atoms. The second-order valence-electron chi connectivity index (χ2n) is 16.3. The Labute approximate surface area is 315 Å². The van der Waals surface area contributed by atoms with Crippen molar-refractivity contribution in [2.24, 2.45) is 0 Å². The van der Waals surface area contributed by atoms with Crippen LogP contribution in [0, 0.1) is 5.82 Å². The van der Waals surface area contributed by atoms with E-state index in [1.807, 2.05) is 56.0 Å². The molecule has 6 heterocycles. The van der Waals surface area contributed by atoms with Crippen molar-refractivity contribution >= 4 is 33.6 Å². The molecule has 2 bridgehead atoms. The van der Waals surface area contributed by atoms with Crippen molar-refractivity contribution < 1.29 is 33.2 Å². The van der Waals surface area contributed by atoms with E-state index in [0.29, 0.717) is 42.2 Å². The summed E-state index contributed by atoms with van der Waals surface area (Å²) < 4.78 is 40.7. The van der Waals surface area contributed by atoms with Crippen LogP contribution in [0.5, 0.6) is 11.8 Å². The summed E-state index contributed by atoms with van der Waals surface area (Å²) in [5.74, 6) is 0.498. The van der Waals surface area contributed by atoms with E-state index in [-0.39, 0.29) is 60.4 Å². The molecule has 288 valence electrons. The molecule has 4 aliphatic rings. The molecule has 8 rings (SSSR count). The number of nitrogens with zero attached hydrogens (tertiary/aromatic N) is 6. The molecule has 0 spiro atoms.